The number of hydrogen-bond acceptors (Lipinski definition) is 6. The van der Waals surface area contributed by atoms with Gasteiger partial charge in [-0.2, -0.15) is 5.26 Å². The summed E-state index contributed by atoms with van der Waals surface area (Å²) >= 11 is 0. The first-order valence-electron chi connectivity index (χ1n) is 9.70. The molecule has 0 radical (unpaired) electrons. The minimum absolute atomic E-state index is 0.261. The summed E-state index contributed by atoms with van der Waals surface area (Å²) in [5.74, 6) is -0.372. The van der Waals surface area contributed by atoms with Gasteiger partial charge in [-0.25, -0.2) is 0 Å². The van der Waals surface area contributed by atoms with Crippen LogP contribution in [-0.2, 0) is 4.74 Å². The smallest absolute Gasteiger partial charge is 0.274 e. The third kappa shape index (κ3) is 4.40. The standard InChI is InChI=1S/C23H21N5O2/c24-16-17-5-1-2-6-19(17)27-23(29)21-15-18(9-10-25-21)26-20-7-3-4-8-22(20)28-11-13-30-14-12-28/h1-10,15H,11-14H2,(H,25,26)(H,27,29). The molecular formula is C23H21N5O2. The molecule has 2 N–H and O–H groups in total. The number of rotatable bonds is 5. The predicted molar refractivity (Wildman–Crippen MR) is 116 cm³/mol. The third-order valence-electron chi connectivity index (χ3n) is 4.82. The van der Waals surface area contributed by atoms with E-state index in [1.54, 1.807) is 36.5 Å². The molecule has 4 rings (SSSR count). The number of nitriles is 1. The highest BCUT2D eigenvalue weighted by Crippen LogP contribution is 2.29. The van der Waals surface area contributed by atoms with E-state index < -0.39 is 0 Å². The fourth-order valence-electron chi connectivity index (χ4n) is 3.32. The zero-order chi connectivity index (χ0) is 20.8. The van der Waals surface area contributed by atoms with Crippen molar-refractivity contribution in [3.8, 4) is 6.07 Å². The zero-order valence-corrected chi connectivity index (χ0v) is 16.3. The van der Waals surface area contributed by atoms with Gasteiger partial charge in [0.05, 0.1) is 35.8 Å². The number of benzene rings is 2. The lowest BCUT2D eigenvalue weighted by molar-refractivity contribution is 0.102. The molecule has 0 unspecified atom stereocenters. The van der Waals surface area contributed by atoms with Crippen molar-refractivity contribution < 1.29 is 9.53 Å². The number of pyridine rings is 1. The zero-order valence-electron chi connectivity index (χ0n) is 16.3. The second-order valence-corrected chi connectivity index (χ2v) is 6.78. The van der Waals surface area contributed by atoms with Gasteiger partial charge in [0.25, 0.3) is 5.91 Å². The maximum Gasteiger partial charge on any atom is 0.274 e. The minimum atomic E-state index is -0.372. The Labute approximate surface area is 174 Å². The molecule has 0 spiro atoms. The van der Waals surface area contributed by atoms with Crippen LogP contribution < -0.4 is 15.5 Å². The van der Waals surface area contributed by atoms with E-state index in [9.17, 15) is 10.1 Å². The molecule has 0 saturated carbocycles. The van der Waals surface area contributed by atoms with Gasteiger partial charge >= 0.3 is 0 Å². The molecule has 7 nitrogen and oxygen atoms in total. The number of carbonyl (C=O) groups excluding carboxylic acids is 1. The maximum absolute atomic E-state index is 12.7. The first kappa shape index (κ1) is 19.4. The van der Waals surface area contributed by atoms with Crippen molar-refractivity contribution in [2.75, 3.05) is 41.8 Å². The topological polar surface area (TPSA) is 90.3 Å². The van der Waals surface area contributed by atoms with Gasteiger partial charge in [-0.15, -0.1) is 0 Å². The summed E-state index contributed by atoms with van der Waals surface area (Å²) in [6.07, 6.45) is 1.59. The molecule has 0 aliphatic carbocycles. The van der Waals surface area contributed by atoms with Crippen molar-refractivity contribution in [1.82, 2.24) is 4.98 Å². The van der Waals surface area contributed by atoms with Crippen LogP contribution in [0.2, 0.25) is 0 Å². The summed E-state index contributed by atoms with van der Waals surface area (Å²) in [5, 5.41) is 15.4. The van der Waals surface area contributed by atoms with E-state index in [4.69, 9.17) is 4.74 Å². The maximum atomic E-state index is 12.7. The average Bonchev–Trinajstić information content (AvgIpc) is 2.80. The molecule has 0 bridgehead atoms. The molecule has 3 aromatic rings. The van der Waals surface area contributed by atoms with Crippen LogP contribution >= 0.6 is 0 Å². The van der Waals surface area contributed by atoms with Crippen molar-refractivity contribution in [3.05, 3.63) is 78.1 Å². The average molecular weight is 399 g/mol. The molecule has 1 amide bonds. The first-order chi connectivity index (χ1) is 14.7. The molecule has 1 aliphatic rings. The molecule has 1 aliphatic heterocycles. The van der Waals surface area contributed by atoms with Crippen LogP contribution in [0.4, 0.5) is 22.7 Å². The minimum Gasteiger partial charge on any atom is -0.378 e. The molecule has 0 atom stereocenters. The van der Waals surface area contributed by atoms with Crippen molar-refractivity contribution in [3.63, 3.8) is 0 Å². The number of carbonyl (C=O) groups is 1. The van der Waals surface area contributed by atoms with Gasteiger partial charge < -0.3 is 20.3 Å². The van der Waals surface area contributed by atoms with Gasteiger partial charge in [0.1, 0.15) is 11.8 Å². The number of aromatic nitrogens is 1. The fourth-order valence-corrected chi connectivity index (χ4v) is 3.32. The van der Waals surface area contributed by atoms with E-state index >= 15 is 0 Å². The SMILES string of the molecule is N#Cc1ccccc1NC(=O)c1cc(Nc2ccccc2N2CCOCC2)ccn1. The van der Waals surface area contributed by atoms with Gasteiger partial charge in [-0.1, -0.05) is 24.3 Å². The lowest BCUT2D eigenvalue weighted by atomic mass is 10.2. The van der Waals surface area contributed by atoms with Crippen LogP contribution in [0.5, 0.6) is 0 Å². The summed E-state index contributed by atoms with van der Waals surface area (Å²) in [7, 11) is 0. The Morgan fingerprint density at radius 2 is 1.77 bits per heavy atom. The molecular weight excluding hydrogens is 378 g/mol. The van der Waals surface area contributed by atoms with Crippen LogP contribution in [0.3, 0.4) is 0 Å². The van der Waals surface area contributed by atoms with E-state index in [0.717, 1.165) is 30.2 Å². The highest BCUT2D eigenvalue weighted by Gasteiger charge is 2.15. The van der Waals surface area contributed by atoms with Crippen molar-refractivity contribution >= 4 is 28.7 Å². The highest BCUT2D eigenvalue weighted by atomic mass is 16.5. The number of morpholine rings is 1. The fraction of sp³-hybridized carbons (Fsp3) is 0.174. The van der Waals surface area contributed by atoms with Crippen LogP contribution in [-0.4, -0.2) is 37.2 Å². The molecule has 150 valence electrons. The van der Waals surface area contributed by atoms with Crippen molar-refractivity contribution in [2.45, 2.75) is 0 Å². The lowest BCUT2D eigenvalue weighted by Crippen LogP contribution is -2.36. The van der Waals surface area contributed by atoms with E-state index in [1.807, 2.05) is 24.3 Å². The monoisotopic (exact) mass is 399 g/mol. The van der Waals surface area contributed by atoms with Gasteiger partial charge in [-0.3, -0.25) is 9.78 Å². The second kappa shape index (κ2) is 9.07. The largest absolute Gasteiger partial charge is 0.378 e. The van der Waals surface area contributed by atoms with E-state index in [-0.39, 0.29) is 11.6 Å². The van der Waals surface area contributed by atoms with E-state index in [1.165, 1.54) is 0 Å². The molecule has 7 heteroatoms. The Balaban J connectivity index is 1.53. The lowest BCUT2D eigenvalue weighted by Gasteiger charge is -2.30. The molecule has 2 heterocycles. The molecule has 1 fully saturated rings. The van der Waals surface area contributed by atoms with Crippen LogP contribution in [0.15, 0.2) is 66.9 Å². The molecule has 1 saturated heterocycles. The third-order valence-corrected chi connectivity index (χ3v) is 4.82. The quantitative estimate of drug-likeness (QED) is 0.678. The Morgan fingerprint density at radius 1 is 1.03 bits per heavy atom. The Kier molecular flexibility index (Phi) is 5.88. The summed E-state index contributed by atoms with van der Waals surface area (Å²) in [6, 6.07) is 20.5. The summed E-state index contributed by atoms with van der Waals surface area (Å²) in [4.78, 5) is 19.1. The van der Waals surface area contributed by atoms with Gasteiger partial charge in [0.2, 0.25) is 0 Å². The molecule has 30 heavy (non-hydrogen) atoms. The number of para-hydroxylation sites is 3. The van der Waals surface area contributed by atoms with Gasteiger partial charge in [-0.05, 0) is 36.4 Å². The Hall–Kier alpha value is -3.89. The number of nitrogens with one attached hydrogen (secondary N) is 2. The number of hydrogen-bond donors (Lipinski definition) is 2. The number of nitrogens with zero attached hydrogens (tertiary/aromatic N) is 3. The van der Waals surface area contributed by atoms with E-state index in [2.05, 4.69) is 32.7 Å². The van der Waals surface area contributed by atoms with Crippen LogP contribution in [0.25, 0.3) is 0 Å². The highest BCUT2D eigenvalue weighted by molar-refractivity contribution is 6.04. The number of amides is 1. The van der Waals surface area contributed by atoms with E-state index in [0.29, 0.717) is 24.5 Å². The Morgan fingerprint density at radius 3 is 2.57 bits per heavy atom. The number of ether oxygens (including phenoxy) is 1. The summed E-state index contributed by atoms with van der Waals surface area (Å²) < 4.78 is 5.45. The van der Waals surface area contributed by atoms with Gasteiger partial charge in [0.15, 0.2) is 0 Å². The summed E-state index contributed by atoms with van der Waals surface area (Å²) in [6.45, 7) is 3.08. The predicted octanol–water partition coefficient (Wildman–Crippen LogP) is 3.79. The normalized spacial score (nSPS) is 13.4. The van der Waals surface area contributed by atoms with Crippen LogP contribution in [0, 0.1) is 11.3 Å². The van der Waals surface area contributed by atoms with Crippen molar-refractivity contribution in [1.29, 1.82) is 5.26 Å². The summed E-state index contributed by atoms with van der Waals surface area (Å²) in [5.41, 5.74) is 3.92. The van der Waals surface area contributed by atoms with Gasteiger partial charge in [0, 0.05) is 25.0 Å². The second-order valence-electron chi connectivity index (χ2n) is 6.78. The number of anilines is 4. The molecule has 2 aromatic carbocycles. The van der Waals surface area contributed by atoms with Crippen molar-refractivity contribution in [2.24, 2.45) is 0 Å². The van der Waals surface area contributed by atoms with Crippen LogP contribution in [0.1, 0.15) is 16.1 Å². The first-order valence-corrected chi connectivity index (χ1v) is 9.70. The Bertz CT molecular complexity index is 1090. The molecule has 1 aromatic heterocycles.